The molecular formula is C13H17F3N2. The van der Waals surface area contributed by atoms with E-state index in [0.29, 0.717) is 5.92 Å². The van der Waals surface area contributed by atoms with E-state index in [2.05, 4.69) is 4.90 Å². The zero-order chi connectivity index (χ0) is 13.3. The molecule has 2 atom stereocenters. The minimum Gasteiger partial charge on any atom is -0.371 e. The van der Waals surface area contributed by atoms with Crippen molar-refractivity contribution in [1.82, 2.24) is 0 Å². The van der Waals surface area contributed by atoms with Crippen molar-refractivity contribution >= 4 is 5.69 Å². The lowest BCUT2D eigenvalue weighted by Crippen LogP contribution is -2.29. The first-order chi connectivity index (χ1) is 8.38. The van der Waals surface area contributed by atoms with Crippen LogP contribution in [0.25, 0.3) is 0 Å². The maximum absolute atomic E-state index is 12.4. The van der Waals surface area contributed by atoms with Gasteiger partial charge in [-0.05, 0) is 43.5 Å². The van der Waals surface area contributed by atoms with Crippen molar-refractivity contribution in [1.29, 1.82) is 0 Å². The molecule has 1 heterocycles. The van der Waals surface area contributed by atoms with Crippen LogP contribution in [0.15, 0.2) is 24.3 Å². The SMILES string of the molecule is CC(N)C1CCN(c2ccc(C(F)(F)F)cc2)C1. The molecule has 1 aliphatic heterocycles. The van der Waals surface area contributed by atoms with Gasteiger partial charge in [-0.2, -0.15) is 13.2 Å². The molecule has 0 aromatic heterocycles. The second-order valence-corrected chi connectivity index (χ2v) is 4.90. The van der Waals surface area contributed by atoms with Crippen LogP contribution in [-0.4, -0.2) is 19.1 Å². The summed E-state index contributed by atoms with van der Waals surface area (Å²) in [5.74, 6) is 0.423. The molecule has 0 radical (unpaired) electrons. The van der Waals surface area contributed by atoms with Gasteiger partial charge in [0.2, 0.25) is 0 Å². The van der Waals surface area contributed by atoms with Crippen molar-refractivity contribution in [3.8, 4) is 0 Å². The molecule has 1 fully saturated rings. The van der Waals surface area contributed by atoms with Crippen LogP contribution in [0, 0.1) is 5.92 Å². The zero-order valence-corrected chi connectivity index (χ0v) is 10.2. The van der Waals surface area contributed by atoms with Gasteiger partial charge >= 0.3 is 6.18 Å². The normalized spacial score (nSPS) is 22.3. The van der Waals surface area contributed by atoms with Crippen molar-refractivity contribution < 1.29 is 13.2 Å². The van der Waals surface area contributed by atoms with Crippen molar-refractivity contribution in [3.63, 3.8) is 0 Å². The summed E-state index contributed by atoms with van der Waals surface area (Å²) in [5, 5.41) is 0. The highest BCUT2D eigenvalue weighted by atomic mass is 19.4. The Morgan fingerprint density at radius 1 is 1.28 bits per heavy atom. The molecule has 0 aliphatic carbocycles. The van der Waals surface area contributed by atoms with E-state index in [4.69, 9.17) is 5.73 Å². The minimum atomic E-state index is -4.27. The second-order valence-electron chi connectivity index (χ2n) is 4.90. The second kappa shape index (κ2) is 4.80. The predicted octanol–water partition coefficient (Wildman–Crippen LogP) is 2.88. The number of benzene rings is 1. The van der Waals surface area contributed by atoms with Crippen molar-refractivity contribution in [2.24, 2.45) is 11.7 Å². The van der Waals surface area contributed by atoms with Gasteiger partial charge in [-0.1, -0.05) is 0 Å². The lowest BCUT2D eigenvalue weighted by molar-refractivity contribution is -0.137. The van der Waals surface area contributed by atoms with E-state index in [1.54, 1.807) is 0 Å². The van der Waals surface area contributed by atoms with E-state index in [1.165, 1.54) is 12.1 Å². The summed E-state index contributed by atoms with van der Waals surface area (Å²) in [7, 11) is 0. The molecule has 2 nitrogen and oxygen atoms in total. The van der Waals surface area contributed by atoms with Gasteiger partial charge < -0.3 is 10.6 Å². The number of nitrogens with zero attached hydrogens (tertiary/aromatic N) is 1. The third-order valence-corrected chi connectivity index (χ3v) is 3.53. The highest BCUT2D eigenvalue weighted by Gasteiger charge is 2.31. The first kappa shape index (κ1) is 13.2. The van der Waals surface area contributed by atoms with Gasteiger partial charge in [0, 0.05) is 24.8 Å². The van der Waals surface area contributed by atoms with Gasteiger partial charge in [-0.25, -0.2) is 0 Å². The highest BCUT2D eigenvalue weighted by molar-refractivity contribution is 5.49. The van der Waals surface area contributed by atoms with Gasteiger partial charge in [-0.3, -0.25) is 0 Å². The van der Waals surface area contributed by atoms with Crippen LogP contribution in [0.1, 0.15) is 18.9 Å². The third-order valence-electron chi connectivity index (χ3n) is 3.53. The third kappa shape index (κ3) is 2.77. The monoisotopic (exact) mass is 258 g/mol. The van der Waals surface area contributed by atoms with Gasteiger partial charge in [0.1, 0.15) is 0 Å². The van der Waals surface area contributed by atoms with Gasteiger partial charge in [0.15, 0.2) is 0 Å². The quantitative estimate of drug-likeness (QED) is 0.883. The molecule has 18 heavy (non-hydrogen) atoms. The fraction of sp³-hybridized carbons (Fsp3) is 0.538. The number of rotatable bonds is 2. The number of halogens is 3. The summed E-state index contributed by atoms with van der Waals surface area (Å²) in [6.45, 7) is 3.65. The lowest BCUT2D eigenvalue weighted by Gasteiger charge is -2.20. The Morgan fingerprint density at radius 2 is 1.89 bits per heavy atom. The fourth-order valence-corrected chi connectivity index (χ4v) is 2.31. The largest absolute Gasteiger partial charge is 0.416 e. The van der Waals surface area contributed by atoms with Crippen LogP contribution in [0.5, 0.6) is 0 Å². The van der Waals surface area contributed by atoms with E-state index >= 15 is 0 Å². The molecular weight excluding hydrogens is 241 g/mol. The molecule has 2 rings (SSSR count). The Labute approximate surface area is 105 Å². The molecule has 100 valence electrons. The van der Waals surface area contributed by atoms with Crippen LogP contribution >= 0.6 is 0 Å². The summed E-state index contributed by atoms with van der Waals surface area (Å²) >= 11 is 0. The van der Waals surface area contributed by atoms with Gasteiger partial charge in [-0.15, -0.1) is 0 Å². The van der Waals surface area contributed by atoms with Crippen LogP contribution in [-0.2, 0) is 6.18 Å². The van der Waals surface area contributed by atoms with Crippen LogP contribution in [0.3, 0.4) is 0 Å². The van der Waals surface area contributed by atoms with Crippen molar-refractivity contribution in [3.05, 3.63) is 29.8 Å². The molecule has 1 aromatic carbocycles. The molecule has 2 unspecified atom stereocenters. The fourth-order valence-electron chi connectivity index (χ4n) is 2.31. The predicted molar refractivity (Wildman–Crippen MR) is 65.4 cm³/mol. The zero-order valence-electron chi connectivity index (χ0n) is 10.2. The number of hydrogen-bond donors (Lipinski definition) is 1. The van der Waals surface area contributed by atoms with E-state index < -0.39 is 11.7 Å². The summed E-state index contributed by atoms with van der Waals surface area (Å²) in [4.78, 5) is 2.09. The molecule has 2 N–H and O–H groups in total. The Kier molecular flexibility index (Phi) is 3.52. The Morgan fingerprint density at radius 3 is 2.33 bits per heavy atom. The average Bonchev–Trinajstić information content (AvgIpc) is 2.77. The van der Waals surface area contributed by atoms with E-state index in [-0.39, 0.29) is 6.04 Å². The highest BCUT2D eigenvalue weighted by Crippen LogP contribution is 2.32. The minimum absolute atomic E-state index is 0.129. The van der Waals surface area contributed by atoms with Gasteiger partial charge in [0.25, 0.3) is 0 Å². The van der Waals surface area contributed by atoms with Crippen LogP contribution < -0.4 is 10.6 Å². The Balaban J connectivity index is 2.07. The first-order valence-electron chi connectivity index (χ1n) is 6.05. The smallest absolute Gasteiger partial charge is 0.371 e. The van der Waals surface area contributed by atoms with Gasteiger partial charge in [0.05, 0.1) is 5.56 Å². The number of hydrogen-bond acceptors (Lipinski definition) is 2. The molecule has 1 saturated heterocycles. The summed E-state index contributed by atoms with van der Waals surface area (Å²) in [6, 6.07) is 5.46. The number of alkyl halides is 3. The van der Waals surface area contributed by atoms with Crippen molar-refractivity contribution in [2.45, 2.75) is 25.6 Å². The maximum atomic E-state index is 12.4. The van der Waals surface area contributed by atoms with E-state index in [9.17, 15) is 13.2 Å². The molecule has 1 aliphatic rings. The maximum Gasteiger partial charge on any atom is 0.416 e. The first-order valence-corrected chi connectivity index (χ1v) is 6.05. The topological polar surface area (TPSA) is 29.3 Å². The molecule has 0 saturated carbocycles. The summed E-state index contributed by atoms with van der Waals surface area (Å²) in [5.41, 5.74) is 6.08. The number of nitrogens with two attached hydrogens (primary N) is 1. The van der Waals surface area contributed by atoms with Crippen molar-refractivity contribution in [2.75, 3.05) is 18.0 Å². The Hall–Kier alpha value is -1.23. The summed E-state index contributed by atoms with van der Waals surface area (Å²) in [6.07, 6.45) is -3.27. The summed E-state index contributed by atoms with van der Waals surface area (Å²) < 4.78 is 37.3. The van der Waals surface area contributed by atoms with Crippen LogP contribution in [0.2, 0.25) is 0 Å². The van der Waals surface area contributed by atoms with E-state index in [0.717, 1.165) is 37.3 Å². The molecule has 0 bridgehead atoms. The molecule has 0 amide bonds. The Bertz CT molecular complexity index is 398. The molecule has 5 heteroatoms. The molecule has 0 spiro atoms. The number of anilines is 1. The van der Waals surface area contributed by atoms with E-state index in [1.807, 2.05) is 6.92 Å². The lowest BCUT2D eigenvalue weighted by atomic mass is 10.0. The molecule has 1 aromatic rings. The standard InChI is InChI=1S/C13H17F3N2/c1-9(17)10-6-7-18(8-10)12-4-2-11(3-5-12)13(14,15)16/h2-5,9-10H,6-8,17H2,1H3. The average molecular weight is 258 g/mol. The van der Waals surface area contributed by atoms with Crippen LogP contribution in [0.4, 0.5) is 18.9 Å².